The van der Waals surface area contributed by atoms with Crippen LogP contribution in [-0.4, -0.2) is 16.9 Å². The predicted octanol–water partition coefficient (Wildman–Crippen LogP) is 3.29. The van der Waals surface area contributed by atoms with Gasteiger partial charge in [0.25, 0.3) is 0 Å². The molecular weight excluding hydrogens is 306 g/mol. The van der Waals surface area contributed by atoms with E-state index < -0.39 is 0 Å². The number of nitrogens with one attached hydrogen (secondary N) is 1. The Labute approximate surface area is 136 Å². The van der Waals surface area contributed by atoms with Crippen molar-refractivity contribution in [3.05, 3.63) is 10.6 Å². The number of carbonyl (C=O) groups is 1. The van der Waals surface area contributed by atoms with Gasteiger partial charge in [0, 0.05) is 16.8 Å². The lowest BCUT2D eigenvalue weighted by Crippen LogP contribution is -2.27. The van der Waals surface area contributed by atoms with Gasteiger partial charge >= 0.3 is 0 Å². The van der Waals surface area contributed by atoms with Crippen LogP contribution < -0.4 is 11.1 Å². The second-order valence-corrected chi connectivity index (χ2v) is 7.15. The van der Waals surface area contributed by atoms with Crippen molar-refractivity contribution in [2.24, 2.45) is 11.7 Å². The lowest BCUT2D eigenvalue weighted by Gasteiger charge is -2.15. The zero-order chi connectivity index (χ0) is 13.9. The first-order valence-corrected chi connectivity index (χ1v) is 8.59. The molecule has 0 saturated heterocycles. The standard InChI is InChI=1S/C15H23N3OS.ClH/c16-11-7-8-12-13(9-11)20-15(17-12)18-14(19)10-5-3-1-2-4-6-10;/h10-11H,1-9,16H2,(H,17,18,19);1H/t11-;/m0./s1. The van der Waals surface area contributed by atoms with Crippen molar-refractivity contribution in [2.45, 2.75) is 63.8 Å². The molecule has 3 rings (SSSR count). The molecule has 0 radical (unpaired) electrons. The lowest BCUT2D eigenvalue weighted by molar-refractivity contribution is -0.120. The fourth-order valence-corrected chi connectivity index (χ4v) is 4.31. The average molecular weight is 330 g/mol. The summed E-state index contributed by atoms with van der Waals surface area (Å²) in [5.74, 6) is 0.350. The van der Waals surface area contributed by atoms with E-state index in [1.165, 1.54) is 30.6 Å². The molecule has 1 aromatic heterocycles. The Morgan fingerprint density at radius 3 is 2.62 bits per heavy atom. The highest BCUT2D eigenvalue weighted by Crippen LogP contribution is 2.30. The topological polar surface area (TPSA) is 68.0 Å². The highest BCUT2D eigenvalue weighted by atomic mass is 35.5. The molecule has 1 atom stereocenters. The molecule has 0 unspecified atom stereocenters. The maximum absolute atomic E-state index is 12.3. The molecule has 118 valence electrons. The van der Waals surface area contributed by atoms with Gasteiger partial charge < -0.3 is 11.1 Å². The van der Waals surface area contributed by atoms with E-state index in [1.807, 2.05) is 0 Å². The number of hydrogen-bond acceptors (Lipinski definition) is 4. The quantitative estimate of drug-likeness (QED) is 0.818. The fraction of sp³-hybridized carbons (Fsp3) is 0.733. The lowest BCUT2D eigenvalue weighted by atomic mass is 9.99. The third-order valence-electron chi connectivity index (χ3n) is 4.43. The summed E-state index contributed by atoms with van der Waals surface area (Å²) >= 11 is 1.61. The molecule has 1 amide bonds. The van der Waals surface area contributed by atoms with Crippen LogP contribution in [0.2, 0.25) is 0 Å². The number of thiazole rings is 1. The van der Waals surface area contributed by atoms with E-state index in [-0.39, 0.29) is 30.3 Å². The number of hydrogen-bond donors (Lipinski definition) is 2. The average Bonchev–Trinajstić information content (AvgIpc) is 2.64. The zero-order valence-electron chi connectivity index (χ0n) is 12.3. The van der Waals surface area contributed by atoms with Gasteiger partial charge in [0.05, 0.1) is 5.69 Å². The van der Waals surface area contributed by atoms with Crippen molar-refractivity contribution in [2.75, 3.05) is 5.32 Å². The predicted molar refractivity (Wildman–Crippen MR) is 89.2 cm³/mol. The van der Waals surface area contributed by atoms with Crippen LogP contribution in [0.4, 0.5) is 5.13 Å². The van der Waals surface area contributed by atoms with Crippen molar-refractivity contribution in [3.63, 3.8) is 0 Å². The normalized spacial score (nSPS) is 22.8. The molecule has 2 aliphatic carbocycles. The van der Waals surface area contributed by atoms with Gasteiger partial charge in [0.15, 0.2) is 5.13 Å². The molecule has 3 N–H and O–H groups in total. The molecule has 0 spiro atoms. The second kappa shape index (κ2) is 7.56. The van der Waals surface area contributed by atoms with Crippen molar-refractivity contribution in [3.8, 4) is 0 Å². The Morgan fingerprint density at radius 2 is 1.90 bits per heavy atom. The van der Waals surface area contributed by atoms with Gasteiger partial charge in [-0.3, -0.25) is 4.79 Å². The summed E-state index contributed by atoms with van der Waals surface area (Å²) in [6.45, 7) is 0. The maximum Gasteiger partial charge on any atom is 0.229 e. The molecular formula is C15H24ClN3OS. The molecule has 0 bridgehead atoms. The van der Waals surface area contributed by atoms with E-state index in [0.717, 1.165) is 42.9 Å². The van der Waals surface area contributed by atoms with Crippen molar-refractivity contribution >= 4 is 34.8 Å². The molecule has 2 aliphatic rings. The van der Waals surface area contributed by atoms with Crippen LogP contribution in [0.25, 0.3) is 0 Å². The number of halogens is 1. The number of aromatic nitrogens is 1. The van der Waals surface area contributed by atoms with Crippen molar-refractivity contribution in [1.29, 1.82) is 0 Å². The van der Waals surface area contributed by atoms with Gasteiger partial charge in [-0.2, -0.15) is 0 Å². The molecule has 1 fully saturated rings. The molecule has 4 nitrogen and oxygen atoms in total. The molecule has 21 heavy (non-hydrogen) atoms. The Hall–Kier alpha value is -0.650. The maximum atomic E-state index is 12.3. The van der Waals surface area contributed by atoms with Gasteiger partial charge in [-0.15, -0.1) is 23.7 Å². The van der Waals surface area contributed by atoms with Gasteiger partial charge in [0.1, 0.15) is 0 Å². The number of aryl methyl sites for hydroxylation is 1. The van der Waals surface area contributed by atoms with E-state index in [2.05, 4.69) is 10.3 Å². The van der Waals surface area contributed by atoms with Crippen LogP contribution >= 0.6 is 23.7 Å². The molecule has 0 aliphatic heterocycles. The summed E-state index contributed by atoms with van der Waals surface area (Å²) in [7, 11) is 0. The minimum Gasteiger partial charge on any atom is -0.327 e. The second-order valence-electron chi connectivity index (χ2n) is 6.07. The Balaban J connectivity index is 0.00000161. The Morgan fingerprint density at radius 1 is 1.19 bits per heavy atom. The number of rotatable bonds is 2. The van der Waals surface area contributed by atoms with E-state index in [9.17, 15) is 4.79 Å². The van der Waals surface area contributed by atoms with Crippen LogP contribution in [0.15, 0.2) is 0 Å². The molecule has 0 aromatic carbocycles. The third kappa shape index (κ3) is 4.18. The summed E-state index contributed by atoms with van der Waals surface area (Å²) in [4.78, 5) is 18.2. The monoisotopic (exact) mass is 329 g/mol. The summed E-state index contributed by atoms with van der Waals surface area (Å²) in [6, 6.07) is 0.258. The summed E-state index contributed by atoms with van der Waals surface area (Å²) in [6.07, 6.45) is 9.83. The minimum atomic E-state index is 0. The number of anilines is 1. The minimum absolute atomic E-state index is 0. The van der Waals surface area contributed by atoms with Crippen LogP contribution in [0.5, 0.6) is 0 Å². The number of fused-ring (bicyclic) bond motifs is 1. The Bertz CT molecular complexity index is 483. The highest BCUT2D eigenvalue weighted by Gasteiger charge is 2.23. The van der Waals surface area contributed by atoms with Gasteiger partial charge in [-0.25, -0.2) is 4.98 Å². The first-order chi connectivity index (χ1) is 9.72. The highest BCUT2D eigenvalue weighted by molar-refractivity contribution is 7.15. The van der Waals surface area contributed by atoms with Crippen molar-refractivity contribution < 1.29 is 4.79 Å². The van der Waals surface area contributed by atoms with E-state index in [1.54, 1.807) is 11.3 Å². The van der Waals surface area contributed by atoms with E-state index in [4.69, 9.17) is 5.73 Å². The molecule has 1 saturated carbocycles. The van der Waals surface area contributed by atoms with Gasteiger partial charge in [0.2, 0.25) is 5.91 Å². The van der Waals surface area contributed by atoms with Crippen LogP contribution in [0.3, 0.4) is 0 Å². The number of nitrogens with zero attached hydrogens (tertiary/aromatic N) is 1. The largest absolute Gasteiger partial charge is 0.327 e. The molecule has 1 aromatic rings. The molecule has 6 heteroatoms. The van der Waals surface area contributed by atoms with Gasteiger partial charge in [-0.1, -0.05) is 25.7 Å². The number of carbonyl (C=O) groups excluding carboxylic acids is 1. The van der Waals surface area contributed by atoms with Crippen molar-refractivity contribution in [1.82, 2.24) is 4.98 Å². The number of amides is 1. The summed E-state index contributed by atoms with van der Waals surface area (Å²) < 4.78 is 0. The number of nitrogens with two attached hydrogens (primary N) is 1. The van der Waals surface area contributed by atoms with Crippen LogP contribution in [-0.2, 0) is 17.6 Å². The van der Waals surface area contributed by atoms with E-state index in [0.29, 0.717) is 0 Å². The Kier molecular flexibility index (Phi) is 6.02. The smallest absolute Gasteiger partial charge is 0.229 e. The SMILES string of the molecule is Cl.N[C@H]1CCc2nc(NC(=O)C3CCCCCC3)sc2C1. The summed E-state index contributed by atoms with van der Waals surface area (Å²) in [5, 5.41) is 3.82. The van der Waals surface area contributed by atoms with Crippen LogP contribution in [0, 0.1) is 5.92 Å². The summed E-state index contributed by atoms with van der Waals surface area (Å²) in [5.41, 5.74) is 7.13. The first kappa shape index (κ1) is 16.7. The fourth-order valence-electron chi connectivity index (χ4n) is 3.20. The van der Waals surface area contributed by atoms with Gasteiger partial charge in [-0.05, 0) is 32.1 Å². The third-order valence-corrected chi connectivity index (χ3v) is 5.47. The molecule has 1 heterocycles. The van der Waals surface area contributed by atoms with E-state index >= 15 is 0 Å². The first-order valence-electron chi connectivity index (χ1n) is 7.77. The zero-order valence-corrected chi connectivity index (χ0v) is 13.9. The van der Waals surface area contributed by atoms with Crippen LogP contribution in [0.1, 0.15) is 55.5 Å².